The molecule has 0 N–H and O–H groups in total. The number of amides is 2. The van der Waals surface area contributed by atoms with Crippen molar-refractivity contribution in [3.8, 4) is 11.8 Å². The van der Waals surface area contributed by atoms with Gasteiger partial charge in [0.15, 0.2) is 10.8 Å². The average Bonchev–Trinajstić information content (AvgIpc) is 3.15. The number of benzene rings is 1. The Bertz CT molecular complexity index is 1370. The van der Waals surface area contributed by atoms with E-state index in [9.17, 15) is 22.8 Å². The highest BCUT2D eigenvalue weighted by Gasteiger charge is 2.59. The second kappa shape index (κ2) is 10.6. The number of aromatic nitrogens is 1. The highest BCUT2D eigenvalue weighted by Crippen LogP contribution is 2.48. The number of anilines is 2. The zero-order valence-corrected chi connectivity index (χ0v) is 22.4. The highest BCUT2D eigenvalue weighted by molar-refractivity contribution is 7.81. The number of likely N-dealkylation sites (tertiary alicyclic amines) is 1. The molecule has 2 amide bonds. The van der Waals surface area contributed by atoms with E-state index in [1.807, 2.05) is 0 Å². The van der Waals surface area contributed by atoms with Crippen LogP contribution in [0.2, 0.25) is 0 Å². The van der Waals surface area contributed by atoms with Gasteiger partial charge in [0.25, 0.3) is 5.91 Å². The quantitative estimate of drug-likeness (QED) is 0.460. The van der Waals surface area contributed by atoms with Crippen LogP contribution in [0.1, 0.15) is 50.3 Å². The highest BCUT2D eigenvalue weighted by atomic mass is 32.1. The summed E-state index contributed by atoms with van der Waals surface area (Å²) in [5, 5.41) is 9.13. The van der Waals surface area contributed by atoms with Gasteiger partial charge in [-0.05, 0) is 68.7 Å². The number of rotatable bonds is 5. The Morgan fingerprint density at radius 1 is 1.20 bits per heavy atom. The van der Waals surface area contributed by atoms with Gasteiger partial charge in [-0.25, -0.2) is 9.78 Å². The summed E-state index contributed by atoms with van der Waals surface area (Å²) in [6.45, 7) is 3.15. The van der Waals surface area contributed by atoms with Crippen LogP contribution in [-0.2, 0) is 15.7 Å². The first-order chi connectivity index (χ1) is 19.1. The first-order valence-electron chi connectivity index (χ1n) is 12.9. The summed E-state index contributed by atoms with van der Waals surface area (Å²) in [5.41, 5.74) is -2.51. The van der Waals surface area contributed by atoms with E-state index in [1.54, 1.807) is 41.0 Å². The third-order valence-corrected chi connectivity index (χ3v) is 7.87. The van der Waals surface area contributed by atoms with E-state index in [-0.39, 0.29) is 23.0 Å². The molecule has 1 aromatic carbocycles. The third-order valence-electron chi connectivity index (χ3n) is 7.50. The standard InChI is InChI=1S/C27H26F3N5O4S/c1-2-38-25(37)33-12-8-20(9-13-33)39-19-6-4-17(5-7-19)35-24(40)34(23(36)26(35)10-3-11-26)18-14-21(27(28,29)30)22(15-31)32-16-18/h4-7,14,16,20H,2-3,8-13H2,1H3. The molecule has 1 aliphatic carbocycles. The Morgan fingerprint density at radius 2 is 1.88 bits per heavy atom. The van der Waals surface area contributed by atoms with Crippen molar-refractivity contribution in [1.29, 1.82) is 5.26 Å². The Labute approximate surface area is 234 Å². The van der Waals surface area contributed by atoms with Crippen LogP contribution in [0.4, 0.5) is 29.3 Å². The second-order valence-electron chi connectivity index (χ2n) is 9.84. The number of alkyl halides is 3. The molecular formula is C27H26F3N5O4S. The smallest absolute Gasteiger partial charge is 0.419 e. The molecule has 2 aromatic rings. The Balaban J connectivity index is 1.34. The van der Waals surface area contributed by atoms with Gasteiger partial charge in [-0.3, -0.25) is 9.69 Å². The first-order valence-corrected chi connectivity index (χ1v) is 13.3. The molecule has 2 aliphatic heterocycles. The molecule has 3 aliphatic rings. The molecule has 13 heteroatoms. The van der Waals surface area contributed by atoms with Gasteiger partial charge in [0.05, 0.1) is 24.1 Å². The largest absolute Gasteiger partial charge is 0.490 e. The number of hydrogen-bond acceptors (Lipinski definition) is 7. The molecule has 9 nitrogen and oxygen atoms in total. The molecule has 1 aromatic heterocycles. The van der Waals surface area contributed by atoms with Crippen LogP contribution in [0.15, 0.2) is 36.5 Å². The lowest BCUT2D eigenvalue weighted by Crippen LogP contribution is -2.55. The van der Waals surface area contributed by atoms with Crippen LogP contribution in [0, 0.1) is 11.3 Å². The van der Waals surface area contributed by atoms with Gasteiger partial charge >= 0.3 is 12.3 Å². The molecular weight excluding hydrogens is 547 g/mol. The van der Waals surface area contributed by atoms with Gasteiger partial charge in [-0.2, -0.15) is 18.4 Å². The molecule has 3 fully saturated rings. The number of carbonyl (C=O) groups is 2. The molecule has 0 bridgehead atoms. The molecule has 1 spiro atoms. The van der Waals surface area contributed by atoms with E-state index in [1.165, 1.54) is 6.07 Å². The summed E-state index contributed by atoms with van der Waals surface area (Å²) in [6.07, 6.45) is -1.09. The molecule has 0 atom stereocenters. The van der Waals surface area contributed by atoms with Gasteiger partial charge < -0.3 is 19.3 Å². The maximum absolute atomic E-state index is 13.6. The Kier molecular flexibility index (Phi) is 7.31. The van der Waals surface area contributed by atoms with Gasteiger partial charge in [0.1, 0.15) is 23.5 Å². The maximum Gasteiger partial charge on any atom is 0.419 e. The van der Waals surface area contributed by atoms with Crippen LogP contribution in [0.5, 0.6) is 5.75 Å². The minimum Gasteiger partial charge on any atom is -0.490 e. The monoisotopic (exact) mass is 573 g/mol. The van der Waals surface area contributed by atoms with Crippen LogP contribution in [0.3, 0.4) is 0 Å². The molecule has 5 rings (SSSR count). The van der Waals surface area contributed by atoms with E-state index < -0.39 is 28.9 Å². The number of thiocarbonyl (C=S) groups is 1. The van der Waals surface area contributed by atoms with Crippen molar-refractivity contribution < 1.29 is 32.2 Å². The number of carbonyl (C=O) groups excluding carboxylic acids is 2. The lowest BCUT2D eigenvalue weighted by Gasteiger charge is -2.43. The first kappa shape index (κ1) is 27.6. The number of halogens is 3. The summed E-state index contributed by atoms with van der Waals surface area (Å²) in [5.74, 6) is 0.192. The summed E-state index contributed by atoms with van der Waals surface area (Å²) in [7, 11) is 0. The second-order valence-corrected chi connectivity index (χ2v) is 10.2. The van der Waals surface area contributed by atoms with Crippen molar-refractivity contribution in [2.45, 2.75) is 56.8 Å². The zero-order chi connectivity index (χ0) is 28.7. The lowest BCUT2D eigenvalue weighted by molar-refractivity contribution is -0.138. The van der Waals surface area contributed by atoms with Crippen molar-refractivity contribution in [3.05, 3.63) is 47.8 Å². The summed E-state index contributed by atoms with van der Waals surface area (Å²) in [4.78, 5) is 33.6. The number of pyridine rings is 1. The van der Waals surface area contributed by atoms with Crippen LogP contribution < -0.4 is 14.5 Å². The van der Waals surface area contributed by atoms with Crippen molar-refractivity contribution >= 4 is 40.7 Å². The van der Waals surface area contributed by atoms with Crippen LogP contribution in [-0.4, -0.2) is 58.3 Å². The fourth-order valence-electron chi connectivity index (χ4n) is 5.33. The average molecular weight is 574 g/mol. The summed E-state index contributed by atoms with van der Waals surface area (Å²) >= 11 is 5.65. The molecule has 0 unspecified atom stereocenters. The lowest BCUT2D eigenvalue weighted by atomic mass is 9.75. The minimum absolute atomic E-state index is 0.0457. The minimum atomic E-state index is -4.82. The normalized spacial score (nSPS) is 19.0. The van der Waals surface area contributed by atoms with E-state index in [4.69, 9.17) is 27.0 Å². The number of nitriles is 1. The van der Waals surface area contributed by atoms with Crippen molar-refractivity contribution in [1.82, 2.24) is 9.88 Å². The number of hydrogen-bond donors (Lipinski definition) is 0. The van der Waals surface area contributed by atoms with Gasteiger partial charge in [-0.15, -0.1) is 0 Å². The SMILES string of the molecule is CCOC(=O)N1CCC(Oc2ccc(N3C(=S)N(c4cnc(C#N)c(C(F)(F)F)c4)C(=O)C34CCC4)cc2)CC1. The summed E-state index contributed by atoms with van der Waals surface area (Å²) < 4.78 is 51.9. The predicted octanol–water partition coefficient (Wildman–Crippen LogP) is 5.03. The number of nitrogens with zero attached hydrogens (tertiary/aromatic N) is 5. The molecule has 1 saturated carbocycles. The third kappa shape index (κ3) is 4.81. The van der Waals surface area contributed by atoms with Crippen LogP contribution >= 0.6 is 12.2 Å². The van der Waals surface area contributed by atoms with Gasteiger partial charge in [0.2, 0.25) is 0 Å². The molecule has 40 heavy (non-hydrogen) atoms. The fourth-order valence-corrected chi connectivity index (χ4v) is 5.79. The maximum atomic E-state index is 13.6. The van der Waals surface area contributed by atoms with Crippen molar-refractivity contribution in [3.63, 3.8) is 0 Å². The Morgan fingerprint density at radius 3 is 2.42 bits per heavy atom. The molecule has 2 saturated heterocycles. The fraction of sp³-hybridized carbons (Fsp3) is 0.444. The molecule has 0 radical (unpaired) electrons. The van der Waals surface area contributed by atoms with E-state index in [2.05, 4.69) is 4.98 Å². The predicted molar refractivity (Wildman–Crippen MR) is 142 cm³/mol. The Hall–Kier alpha value is -3.92. The van der Waals surface area contributed by atoms with E-state index in [0.717, 1.165) is 23.6 Å². The van der Waals surface area contributed by atoms with Crippen LogP contribution in [0.25, 0.3) is 0 Å². The van der Waals surface area contributed by atoms with E-state index in [0.29, 0.717) is 56.8 Å². The van der Waals surface area contributed by atoms with Gasteiger partial charge in [0, 0.05) is 31.6 Å². The van der Waals surface area contributed by atoms with Crippen molar-refractivity contribution in [2.75, 3.05) is 29.5 Å². The van der Waals surface area contributed by atoms with Gasteiger partial charge in [-0.1, -0.05) is 0 Å². The summed E-state index contributed by atoms with van der Waals surface area (Å²) in [6, 6.07) is 9.26. The van der Waals surface area contributed by atoms with E-state index >= 15 is 0 Å². The topological polar surface area (TPSA) is 99.0 Å². The number of ether oxygens (including phenoxy) is 2. The molecule has 3 heterocycles. The van der Waals surface area contributed by atoms with Crippen molar-refractivity contribution in [2.24, 2.45) is 0 Å². The molecule has 210 valence electrons. The number of piperidine rings is 1. The zero-order valence-electron chi connectivity index (χ0n) is 21.6.